The minimum Gasteiger partial charge on any atom is -0.461 e. The molecule has 1 aromatic carbocycles. The van der Waals surface area contributed by atoms with Crippen molar-refractivity contribution in [2.24, 2.45) is 0 Å². The van der Waals surface area contributed by atoms with Crippen LogP contribution in [0.2, 0.25) is 0 Å². The number of benzene rings is 1. The van der Waals surface area contributed by atoms with E-state index in [2.05, 4.69) is 5.32 Å². The lowest BCUT2D eigenvalue weighted by atomic mass is 10.2. The van der Waals surface area contributed by atoms with Gasteiger partial charge in [0.2, 0.25) is 5.91 Å². The lowest BCUT2D eigenvalue weighted by Crippen LogP contribution is -2.31. The van der Waals surface area contributed by atoms with Gasteiger partial charge in [-0.3, -0.25) is 4.79 Å². The SMILES string of the molecule is O=C(CCc1ccc(-c2ccccc2)o1)NCC1CCCO1. The molecule has 2 heterocycles. The second kappa shape index (κ2) is 7.27. The highest BCUT2D eigenvalue weighted by molar-refractivity contribution is 5.76. The molecule has 0 bridgehead atoms. The molecule has 1 fully saturated rings. The van der Waals surface area contributed by atoms with Crippen LogP contribution in [0.15, 0.2) is 46.9 Å². The first-order chi connectivity index (χ1) is 10.8. The molecule has 3 rings (SSSR count). The van der Waals surface area contributed by atoms with Gasteiger partial charge in [-0.2, -0.15) is 0 Å². The Labute approximate surface area is 130 Å². The molecule has 1 aromatic heterocycles. The van der Waals surface area contributed by atoms with E-state index in [0.717, 1.165) is 36.5 Å². The fourth-order valence-electron chi connectivity index (χ4n) is 2.63. The standard InChI is InChI=1S/C18H21NO3/c20-18(19-13-16-7-4-12-21-16)11-9-15-8-10-17(22-15)14-5-2-1-3-6-14/h1-3,5-6,8,10,16H,4,7,9,11-13H2,(H,19,20). The van der Waals surface area contributed by atoms with Crippen molar-refractivity contribution in [2.75, 3.05) is 13.2 Å². The van der Waals surface area contributed by atoms with Crippen LogP contribution in [0.4, 0.5) is 0 Å². The molecule has 1 saturated heterocycles. The van der Waals surface area contributed by atoms with Crippen LogP contribution in [0.1, 0.15) is 25.0 Å². The van der Waals surface area contributed by atoms with E-state index in [1.807, 2.05) is 42.5 Å². The second-order valence-corrected chi connectivity index (χ2v) is 5.57. The first-order valence-corrected chi connectivity index (χ1v) is 7.84. The third kappa shape index (κ3) is 3.98. The van der Waals surface area contributed by atoms with Crippen molar-refractivity contribution in [3.05, 3.63) is 48.2 Å². The van der Waals surface area contributed by atoms with Crippen LogP contribution in [0.25, 0.3) is 11.3 Å². The molecule has 0 aliphatic carbocycles. The number of rotatable bonds is 6. The fraction of sp³-hybridized carbons (Fsp3) is 0.389. The van der Waals surface area contributed by atoms with Gasteiger partial charge in [-0.25, -0.2) is 0 Å². The Bertz CT molecular complexity index is 600. The molecule has 2 aromatic rings. The van der Waals surface area contributed by atoms with Crippen molar-refractivity contribution in [3.63, 3.8) is 0 Å². The summed E-state index contributed by atoms with van der Waals surface area (Å²) in [5.41, 5.74) is 1.05. The second-order valence-electron chi connectivity index (χ2n) is 5.57. The molecule has 1 aliphatic heterocycles. The summed E-state index contributed by atoms with van der Waals surface area (Å²) < 4.78 is 11.3. The smallest absolute Gasteiger partial charge is 0.220 e. The highest BCUT2D eigenvalue weighted by Crippen LogP contribution is 2.22. The lowest BCUT2D eigenvalue weighted by Gasteiger charge is -2.10. The third-order valence-corrected chi connectivity index (χ3v) is 3.87. The van der Waals surface area contributed by atoms with Gasteiger partial charge in [-0.05, 0) is 25.0 Å². The van der Waals surface area contributed by atoms with Gasteiger partial charge < -0.3 is 14.5 Å². The average Bonchev–Trinajstić information content (AvgIpc) is 3.23. The summed E-state index contributed by atoms with van der Waals surface area (Å²) in [6.07, 6.45) is 3.38. The zero-order chi connectivity index (χ0) is 15.2. The summed E-state index contributed by atoms with van der Waals surface area (Å²) >= 11 is 0. The summed E-state index contributed by atoms with van der Waals surface area (Å²) in [6.45, 7) is 1.43. The number of amides is 1. The van der Waals surface area contributed by atoms with E-state index in [-0.39, 0.29) is 12.0 Å². The van der Waals surface area contributed by atoms with E-state index < -0.39 is 0 Å². The molecule has 1 amide bonds. The van der Waals surface area contributed by atoms with Gasteiger partial charge >= 0.3 is 0 Å². The van der Waals surface area contributed by atoms with E-state index in [4.69, 9.17) is 9.15 Å². The number of aryl methyl sites for hydroxylation is 1. The predicted molar refractivity (Wildman–Crippen MR) is 84.4 cm³/mol. The third-order valence-electron chi connectivity index (χ3n) is 3.87. The van der Waals surface area contributed by atoms with Crippen LogP contribution in [0.5, 0.6) is 0 Å². The maximum atomic E-state index is 11.8. The van der Waals surface area contributed by atoms with Gasteiger partial charge in [-0.15, -0.1) is 0 Å². The van der Waals surface area contributed by atoms with Gasteiger partial charge in [0.05, 0.1) is 6.10 Å². The molecule has 4 nitrogen and oxygen atoms in total. The molecule has 1 N–H and O–H groups in total. The molecule has 116 valence electrons. The van der Waals surface area contributed by atoms with Crippen molar-refractivity contribution >= 4 is 5.91 Å². The fourth-order valence-corrected chi connectivity index (χ4v) is 2.63. The summed E-state index contributed by atoms with van der Waals surface area (Å²) in [5, 5.41) is 2.93. The molecular formula is C18H21NO3. The first kappa shape index (κ1) is 14.9. The summed E-state index contributed by atoms with van der Waals surface area (Å²) in [7, 11) is 0. The number of carbonyl (C=O) groups excluding carboxylic acids is 1. The molecule has 0 saturated carbocycles. The zero-order valence-electron chi connectivity index (χ0n) is 12.6. The highest BCUT2D eigenvalue weighted by atomic mass is 16.5. The van der Waals surface area contributed by atoms with Crippen LogP contribution < -0.4 is 5.32 Å². The summed E-state index contributed by atoms with van der Waals surface area (Å²) in [4.78, 5) is 11.8. The van der Waals surface area contributed by atoms with Gasteiger partial charge in [0, 0.05) is 31.6 Å². The number of hydrogen-bond acceptors (Lipinski definition) is 3. The minimum atomic E-state index is 0.0492. The van der Waals surface area contributed by atoms with Crippen LogP contribution in [-0.2, 0) is 16.0 Å². The first-order valence-electron chi connectivity index (χ1n) is 7.84. The lowest BCUT2D eigenvalue weighted by molar-refractivity contribution is -0.121. The van der Waals surface area contributed by atoms with Crippen molar-refractivity contribution in [3.8, 4) is 11.3 Å². The predicted octanol–water partition coefficient (Wildman–Crippen LogP) is 3.17. The van der Waals surface area contributed by atoms with Crippen LogP contribution in [0, 0.1) is 0 Å². The number of nitrogens with one attached hydrogen (secondary N) is 1. The quantitative estimate of drug-likeness (QED) is 0.891. The molecule has 4 heteroatoms. The van der Waals surface area contributed by atoms with Crippen LogP contribution in [-0.4, -0.2) is 25.2 Å². The summed E-state index contributed by atoms with van der Waals surface area (Å²) in [6, 6.07) is 13.9. The summed E-state index contributed by atoms with van der Waals surface area (Å²) in [5.74, 6) is 1.73. The van der Waals surface area contributed by atoms with Crippen LogP contribution in [0.3, 0.4) is 0 Å². The van der Waals surface area contributed by atoms with E-state index >= 15 is 0 Å². The van der Waals surface area contributed by atoms with Crippen molar-refractivity contribution < 1.29 is 13.9 Å². The van der Waals surface area contributed by atoms with Crippen molar-refractivity contribution in [2.45, 2.75) is 31.8 Å². The highest BCUT2D eigenvalue weighted by Gasteiger charge is 2.16. The van der Waals surface area contributed by atoms with Gasteiger partial charge in [-0.1, -0.05) is 30.3 Å². The Hall–Kier alpha value is -2.07. The number of furan rings is 1. The Kier molecular flexibility index (Phi) is 4.91. The maximum absolute atomic E-state index is 11.8. The van der Waals surface area contributed by atoms with Crippen molar-refractivity contribution in [1.82, 2.24) is 5.32 Å². The number of ether oxygens (including phenoxy) is 1. The largest absolute Gasteiger partial charge is 0.461 e. The van der Waals surface area contributed by atoms with E-state index in [0.29, 0.717) is 19.4 Å². The van der Waals surface area contributed by atoms with Gasteiger partial charge in [0.15, 0.2) is 0 Å². The molecule has 0 spiro atoms. The van der Waals surface area contributed by atoms with Crippen LogP contribution >= 0.6 is 0 Å². The number of hydrogen-bond donors (Lipinski definition) is 1. The van der Waals surface area contributed by atoms with E-state index in [1.54, 1.807) is 0 Å². The minimum absolute atomic E-state index is 0.0492. The average molecular weight is 299 g/mol. The molecule has 0 radical (unpaired) electrons. The van der Waals surface area contributed by atoms with Gasteiger partial charge in [0.1, 0.15) is 11.5 Å². The molecular weight excluding hydrogens is 278 g/mol. The number of carbonyl (C=O) groups is 1. The van der Waals surface area contributed by atoms with Crippen molar-refractivity contribution in [1.29, 1.82) is 0 Å². The topological polar surface area (TPSA) is 51.5 Å². The maximum Gasteiger partial charge on any atom is 0.220 e. The normalized spacial score (nSPS) is 17.5. The zero-order valence-corrected chi connectivity index (χ0v) is 12.6. The van der Waals surface area contributed by atoms with E-state index in [9.17, 15) is 4.79 Å². The molecule has 22 heavy (non-hydrogen) atoms. The Morgan fingerprint density at radius 3 is 2.82 bits per heavy atom. The Balaban J connectivity index is 1.45. The molecule has 1 unspecified atom stereocenters. The monoisotopic (exact) mass is 299 g/mol. The Morgan fingerprint density at radius 2 is 2.05 bits per heavy atom. The Morgan fingerprint density at radius 1 is 1.18 bits per heavy atom. The molecule has 1 aliphatic rings. The van der Waals surface area contributed by atoms with E-state index in [1.165, 1.54) is 0 Å². The molecule has 1 atom stereocenters. The van der Waals surface area contributed by atoms with Gasteiger partial charge in [0.25, 0.3) is 0 Å².